The molecule has 2 rings (SSSR count). The maximum atomic E-state index is 11.9. The zero-order chi connectivity index (χ0) is 13.5. The summed E-state index contributed by atoms with van der Waals surface area (Å²) in [7, 11) is 1.66. The van der Waals surface area contributed by atoms with E-state index in [-0.39, 0.29) is 11.9 Å². The van der Waals surface area contributed by atoms with Gasteiger partial charge in [0.05, 0.1) is 0 Å². The van der Waals surface area contributed by atoms with Crippen LogP contribution in [0.2, 0.25) is 0 Å². The molecular formula is C16H18N2O. The minimum absolute atomic E-state index is 0.00675. The summed E-state index contributed by atoms with van der Waals surface area (Å²) in [5.74, 6) is -0.00675. The highest BCUT2D eigenvalue weighted by Crippen LogP contribution is 2.11. The van der Waals surface area contributed by atoms with Gasteiger partial charge >= 0.3 is 0 Å². The van der Waals surface area contributed by atoms with Gasteiger partial charge in [-0.05, 0) is 17.7 Å². The third kappa shape index (κ3) is 3.85. The zero-order valence-electron chi connectivity index (χ0n) is 11.0. The summed E-state index contributed by atoms with van der Waals surface area (Å²) in [5.41, 5.74) is 2.09. The lowest BCUT2D eigenvalue weighted by Crippen LogP contribution is -2.39. The normalized spacial score (nSPS) is 11.6. The van der Waals surface area contributed by atoms with Crippen LogP contribution < -0.4 is 10.6 Å². The van der Waals surface area contributed by atoms with Crippen molar-refractivity contribution in [2.75, 3.05) is 12.4 Å². The van der Waals surface area contributed by atoms with E-state index in [0.29, 0.717) is 6.42 Å². The van der Waals surface area contributed by atoms with E-state index in [1.54, 1.807) is 7.05 Å². The van der Waals surface area contributed by atoms with E-state index in [4.69, 9.17) is 0 Å². The highest BCUT2D eigenvalue weighted by atomic mass is 16.2. The van der Waals surface area contributed by atoms with E-state index >= 15 is 0 Å². The Morgan fingerprint density at radius 2 is 1.58 bits per heavy atom. The summed E-state index contributed by atoms with van der Waals surface area (Å²) in [6.07, 6.45) is 0.662. The largest absolute Gasteiger partial charge is 0.373 e. The van der Waals surface area contributed by atoms with Gasteiger partial charge in [0.1, 0.15) is 6.04 Å². The fourth-order valence-electron chi connectivity index (χ4n) is 1.97. The number of nitrogens with one attached hydrogen (secondary N) is 2. The molecule has 0 aliphatic carbocycles. The minimum atomic E-state index is -0.269. The molecule has 1 amide bonds. The molecule has 3 nitrogen and oxygen atoms in total. The maximum Gasteiger partial charge on any atom is 0.242 e. The van der Waals surface area contributed by atoms with Crippen LogP contribution in [0.3, 0.4) is 0 Å². The van der Waals surface area contributed by atoms with Crippen LogP contribution in [0.1, 0.15) is 5.56 Å². The minimum Gasteiger partial charge on any atom is -0.373 e. The van der Waals surface area contributed by atoms with E-state index in [1.807, 2.05) is 60.7 Å². The van der Waals surface area contributed by atoms with Crippen molar-refractivity contribution in [2.24, 2.45) is 0 Å². The molecule has 0 saturated carbocycles. The first-order chi connectivity index (χ1) is 9.29. The Balaban J connectivity index is 2.10. The number of likely N-dealkylation sites (N-methyl/N-ethyl adjacent to an activating group) is 1. The number of carbonyl (C=O) groups excluding carboxylic acids is 1. The summed E-state index contributed by atoms with van der Waals surface area (Å²) < 4.78 is 0. The summed E-state index contributed by atoms with van der Waals surface area (Å²) in [6.45, 7) is 0. The molecule has 0 heterocycles. The molecule has 0 saturated heterocycles. The third-order valence-electron chi connectivity index (χ3n) is 2.96. The van der Waals surface area contributed by atoms with Gasteiger partial charge in [-0.25, -0.2) is 0 Å². The molecule has 0 aromatic heterocycles. The second kappa shape index (κ2) is 6.59. The Morgan fingerprint density at radius 1 is 1.00 bits per heavy atom. The molecule has 0 spiro atoms. The van der Waals surface area contributed by atoms with Gasteiger partial charge in [-0.1, -0.05) is 48.5 Å². The van der Waals surface area contributed by atoms with Gasteiger partial charge < -0.3 is 10.6 Å². The number of carbonyl (C=O) groups is 1. The average molecular weight is 254 g/mol. The van der Waals surface area contributed by atoms with Crippen LogP contribution in [0.4, 0.5) is 5.69 Å². The van der Waals surface area contributed by atoms with Gasteiger partial charge in [0, 0.05) is 19.2 Å². The lowest BCUT2D eigenvalue weighted by atomic mass is 10.0. The first kappa shape index (κ1) is 13.1. The van der Waals surface area contributed by atoms with Gasteiger partial charge in [0.2, 0.25) is 5.91 Å². The van der Waals surface area contributed by atoms with Crippen LogP contribution in [0.25, 0.3) is 0 Å². The topological polar surface area (TPSA) is 41.1 Å². The molecule has 2 aromatic carbocycles. The molecule has 0 aliphatic rings. The van der Waals surface area contributed by atoms with Crippen LogP contribution in [0.5, 0.6) is 0 Å². The van der Waals surface area contributed by atoms with E-state index < -0.39 is 0 Å². The number of para-hydroxylation sites is 1. The van der Waals surface area contributed by atoms with Crippen molar-refractivity contribution in [2.45, 2.75) is 12.5 Å². The summed E-state index contributed by atoms with van der Waals surface area (Å²) in [5, 5.41) is 5.97. The second-order valence-corrected chi connectivity index (χ2v) is 4.37. The van der Waals surface area contributed by atoms with Gasteiger partial charge in [0.25, 0.3) is 0 Å². The first-order valence-corrected chi connectivity index (χ1v) is 6.36. The predicted octanol–water partition coefficient (Wildman–Crippen LogP) is 2.46. The van der Waals surface area contributed by atoms with Gasteiger partial charge in [0.15, 0.2) is 0 Å². The monoisotopic (exact) mass is 254 g/mol. The van der Waals surface area contributed by atoms with Crippen LogP contribution >= 0.6 is 0 Å². The van der Waals surface area contributed by atoms with Crippen molar-refractivity contribution in [3.63, 3.8) is 0 Å². The average Bonchev–Trinajstić information content (AvgIpc) is 2.48. The number of hydrogen-bond acceptors (Lipinski definition) is 2. The Hall–Kier alpha value is -2.29. The Labute approximate surface area is 113 Å². The highest BCUT2D eigenvalue weighted by molar-refractivity contribution is 5.84. The molecule has 1 atom stereocenters. The van der Waals surface area contributed by atoms with Crippen molar-refractivity contribution >= 4 is 11.6 Å². The molecule has 0 fully saturated rings. The predicted molar refractivity (Wildman–Crippen MR) is 78.1 cm³/mol. The molecule has 2 N–H and O–H groups in total. The SMILES string of the molecule is CNC(=O)[C@@H](Cc1ccccc1)Nc1ccccc1. The van der Waals surface area contributed by atoms with E-state index in [2.05, 4.69) is 10.6 Å². The van der Waals surface area contributed by atoms with Crippen LogP contribution in [-0.2, 0) is 11.2 Å². The quantitative estimate of drug-likeness (QED) is 0.860. The van der Waals surface area contributed by atoms with Crippen LogP contribution in [0, 0.1) is 0 Å². The Morgan fingerprint density at radius 3 is 2.16 bits per heavy atom. The number of anilines is 1. The number of amides is 1. The highest BCUT2D eigenvalue weighted by Gasteiger charge is 2.17. The zero-order valence-corrected chi connectivity index (χ0v) is 11.0. The smallest absolute Gasteiger partial charge is 0.242 e. The second-order valence-electron chi connectivity index (χ2n) is 4.37. The van der Waals surface area contributed by atoms with Crippen molar-refractivity contribution < 1.29 is 4.79 Å². The number of hydrogen-bond donors (Lipinski definition) is 2. The van der Waals surface area contributed by atoms with E-state index in [0.717, 1.165) is 11.3 Å². The Kier molecular flexibility index (Phi) is 4.56. The van der Waals surface area contributed by atoms with Crippen LogP contribution in [0.15, 0.2) is 60.7 Å². The lowest BCUT2D eigenvalue weighted by Gasteiger charge is -2.18. The van der Waals surface area contributed by atoms with Crippen molar-refractivity contribution in [1.82, 2.24) is 5.32 Å². The number of rotatable bonds is 5. The summed E-state index contributed by atoms with van der Waals surface area (Å²) in [4.78, 5) is 11.9. The molecule has 2 aromatic rings. The summed E-state index contributed by atoms with van der Waals surface area (Å²) in [6, 6.07) is 19.5. The standard InChI is InChI=1S/C16H18N2O/c1-17-16(19)15(12-13-8-4-2-5-9-13)18-14-10-6-3-7-11-14/h2-11,15,18H,12H2,1H3,(H,17,19)/t15-/m1/s1. The summed E-state index contributed by atoms with van der Waals surface area (Å²) >= 11 is 0. The molecule has 0 radical (unpaired) electrons. The molecule has 3 heteroatoms. The van der Waals surface area contributed by atoms with Crippen molar-refractivity contribution in [3.8, 4) is 0 Å². The third-order valence-corrected chi connectivity index (χ3v) is 2.96. The van der Waals surface area contributed by atoms with Crippen molar-refractivity contribution in [3.05, 3.63) is 66.2 Å². The number of benzene rings is 2. The van der Waals surface area contributed by atoms with E-state index in [1.165, 1.54) is 0 Å². The molecular weight excluding hydrogens is 236 g/mol. The molecule has 98 valence electrons. The molecule has 0 aliphatic heterocycles. The Bertz CT molecular complexity index is 469. The van der Waals surface area contributed by atoms with Crippen molar-refractivity contribution in [1.29, 1.82) is 0 Å². The van der Waals surface area contributed by atoms with Crippen LogP contribution in [-0.4, -0.2) is 19.0 Å². The van der Waals surface area contributed by atoms with Gasteiger partial charge in [-0.3, -0.25) is 4.79 Å². The molecule has 19 heavy (non-hydrogen) atoms. The van der Waals surface area contributed by atoms with Gasteiger partial charge in [-0.15, -0.1) is 0 Å². The lowest BCUT2D eigenvalue weighted by molar-refractivity contribution is -0.121. The molecule has 0 unspecified atom stereocenters. The molecule has 0 bridgehead atoms. The fourth-order valence-corrected chi connectivity index (χ4v) is 1.97. The fraction of sp³-hybridized carbons (Fsp3) is 0.188. The maximum absolute atomic E-state index is 11.9. The van der Waals surface area contributed by atoms with Gasteiger partial charge in [-0.2, -0.15) is 0 Å². The first-order valence-electron chi connectivity index (χ1n) is 6.36. The van der Waals surface area contributed by atoms with E-state index in [9.17, 15) is 4.79 Å².